The van der Waals surface area contributed by atoms with Crippen molar-refractivity contribution in [2.75, 3.05) is 25.0 Å². The van der Waals surface area contributed by atoms with Crippen LogP contribution in [0.5, 0.6) is 0 Å². The molecule has 3 fully saturated rings. The molecule has 2 N–H and O–H groups in total. The molecule has 26 heavy (non-hydrogen) atoms. The molecule has 0 unspecified atom stereocenters. The summed E-state index contributed by atoms with van der Waals surface area (Å²) in [5, 5.41) is 12.0. The standard InChI is InChI=1S/C21H22N2O3/c24-20(19-13-23-11-9-16(19)10-12-23)22-18-7-5-15(6-8-18)14-1-3-17(4-2-14)21(25)26/h1-8,16,19H,9-13H2,(H,22,24)(H,25,26)/t19-/m1/s1. The van der Waals surface area contributed by atoms with E-state index < -0.39 is 5.97 Å². The fourth-order valence-corrected chi connectivity index (χ4v) is 4.05. The first-order valence-electron chi connectivity index (χ1n) is 9.07. The van der Waals surface area contributed by atoms with Crippen molar-refractivity contribution in [1.82, 2.24) is 4.90 Å². The van der Waals surface area contributed by atoms with Crippen LogP contribution in [-0.4, -0.2) is 41.5 Å². The molecule has 2 aromatic carbocycles. The Morgan fingerprint density at radius 2 is 1.50 bits per heavy atom. The van der Waals surface area contributed by atoms with Crippen molar-refractivity contribution in [2.24, 2.45) is 11.8 Å². The predicted molar refractivity (Wildman–Crippen MR) is 100 cm³/mol. The van der Waals surface area contributed by atoms with E-state index >= 15 is 0 Å². The highest BCUT2D eigenvalue weighted by Gasteiger charge is 2.38. The van der Waals surface area contributed by atoms with Gasteiger partial charge in [-0.1, -0.05) is 24.3 Å². The number of carbonyl (C=O) groups is 2. The van der Waals surface area contributed by atoms with Gasteiger partial charge in [-0.05, 0) is 67.2 Å². The second-order valence-electron chi connectivity index (χ2n) is 7.19. The van der Waals surface area contributed by atoms with Crippen molar-refractivity contribution in [3.8, 4) is 11.1 Å². The van der Waals surface area contributed by atoms with E-state index in [1.807, 2.05) is 24.3 Å². The lowest BCUT2D eigenvalue weighted by Crippen LogP contribution is -2.51. The van der Waals surface area contributed by atoms with Gasteiger partial charge in [-0.25, -0.2) is 4.79 Å². The quantitative estimate of drug-likeness (QED) is 0.887. The molecule has 3 aliphatic heterocycles. The van der Waals surface area contributed by atoms with Crippen LogP contribution in [0.15, 0.2) is 48.5 Å². The summed E-state index contributed by atoms with van der Waals surface area (Å²) < 4.78 is 0. The van der Waals surface area contributed by atoms with Gasteiger partial charge in [-0.15, -0.1) is 0 Å². The molecule has 0 aliphatic carbocycles. The Kier molecular flexibility index (Phi) is 4.47. The van der Waals surface area contributed by atoms with Crippen molar-refractivity contribution in [1.29, 1.82) is 0 Å². The van der Waals surface area contributed by atoms with Gasteiger partial charge in [0.2, 0.25) is 5.91 Å². The number of piperidine rings is 3. The smallest absolute Gasteiger partial charge is 0.335 e. The molecule has 3 heterocycles. The lowest BCUT2D eigenvalue weighted by atomic mass is 9.78. The highest BCUT2D eigenvalue weighted by atomic mass is 16.4. The Morgan fingerprint density at radius 3 is 2.00 bits per heavy atom. The number of hydrogen-bond donors (Lipinski definition) is 2. The van der Waals surface area contributed by atoms with E-state index in [0.717, 1.165) is 49.3 Å². The van der Waals surface area contributed by atoms with E-state index in [0.29, 0.717) is 5.92 Å². The summed E-state index contributed by atoms with van der Waals surface area (Å²) in [5.41, 5.74) is 3.01. The van der Waals surface area contributed by atoms with Gasteiger partial charge in [-0.2, -0.15) is 0 Å². The van der Waals surface area contributed by atoms with Crippen molar-refractivity contribution >= 4 is 17.6 Å². The van der Waals surface area contributed by atoms with Gasteiger partial charge in [0.1, 0.15) is 0 Å². The molecule has 5 heteroatoms. The number of hydrogen-bond acceptors (Lipinski definition) is 3. The summed E-state index contributed by atoms with van der Waals surface area (Å²) in [5.74, 6) is -0.187. The van der Waals surface area contributed by atoms with Crippen molar-refractivity contribution in [3.63, 3.8) is 0 Å². The highest BCUT2D eigenvalue weighted by Crippen LogP contribution is 2.33. The van der Waals surface area contributed by atoms with Crippen LogP contribution in [0, 0.1) is 11.8 Å². The van der Waals surface area contributed by atoms with E-state index in [4.69, 9.17) is 5.11 Å². The monoisotopic (exact) mass is 350 g/mol. The number of anilines is 1. The molecule has 3 aliphatic rings. The van der Waals surface area contributed by atoms with Gasteiger partial charge in [0.25, 0.3) is 0 Å². The molecule has 0 radical (unpaired) electrons. The van der Waals surface area contributed by atoms with Crippen molar-refractivity contribution < 1.29 is 14.7 Å². The number of aromatic carboxylic acids is 1. The highest BCUT2D eigenvalue weighted by molar-refractivity contribution is 5.93. The molecule has 3 saturated heterocycles. The number of carboxylic acid groups (broad SMARTS) is 1. The number of fused-ring (bicyclic) bond motifs is 3. The van der Waals surface area contributed by atoms with Crippen LogP contribution in [0.3, 0.4) is 0 Å². The lowest BCUT2D eigenvalue weighted by molar-refractivity contribution is -0.125. The first-order valence-corrected chi connectivity index (χ1v) is 9.07. The zero-order chi connectivity index (χ0) is 18.1. The molecule has 1 amide bonds. The number of carbonyl (C=O) groups excluding carboxylic acids is 1. The van der Waals surface area contributed by atoms with Crippen LogP contribution in [0.1, 0.15) is 23.2 Å². The second-order valence-corrected chi connectivity index (χ2v) is 7.19. The molecular weight excluding hydrogens is 328 g/mol. The van der Waals surface area contributed by atoms with Crippen LogP contribution in [0.4, 0.5) is 5.69 Å². The number of nitrogens with one attached hydrogen (secondary N) is 1. The zero-order valence-corrected chi connectivity index (χ0v) is 14.5. The Bertz CT molecular complexity index is 806. The molecule has 2 bridgehead atoms. The molecular formula is C21H22N2O3. The average molecular weight is 350 g/mol. The minimum atomic E-state index is -0.928. The summed E-state index contributed by atoms with van der Waals surface area (Å²) in [6.07, 6.45) is 2.26. The maximum atomic E-state index is 12.6. The SMILES string of the molecule is O=C(O)c1ccc(-c2ccc(NC(=O)[C@@H]3CN4CCC3CC4)cc2)cc1. The molecule has 134 valence electrons. The Balaban J connectivity index is 1.43. The Morgan fingerprint density at radius 1 is 0.923 bits per heavy atom. The summed E-state index contributed by atoms with van der Waals surface area (Å²) in [4.78, 5) is 25.9. The molecule has 0 spiro atoms. The Hall–Kier alpha value is -2.66. The summed E-state index contributed by atoms with van der Waals surface area (Å²) in [6, 6.07) is 14.5. The third kappa shape index (κ3) is 3.35. The number of nitrogens with zero attached hydrogens (tertiary/aromatic N) is 1. The van der Waals surface area contributed by atoms with Gasteiger partial charge < -0.3 is 15.3 Å². The molecule has 1 atom stereocenters. The van der Waals surface area contributed by atoms with Crippen LogP contribution >= 0.6 is 0 Å². The van der Waals surface area contributed by atoms with Gasteiger partial charge in [0.15, 0.2) is 0 Å². The Labute approximate surface area is 152 Å². The number of rotatable bonds is 4. The van der Waals surface area contributed by atoms with E-state index in [2.05, 4.69) is 10.2 Å². The predicted octanol–water partition coefficient (Wildman–Crippen LogP) is 3.33. The zero-order valence-electron chi connectivity index (χ0n) is 14.5. The van der Waals surface area contributed by atoms with E-state index in [1.54, 1.807) is 24.3 Å². The first kappa shape index (κ1) is 16.8. The normalized spacial score (nSPS) is 24.2. The van der Waals surface area contributed by atoms with Crippen LogP contribution in [-0.2, 0) is 4.79 Å². The topological polar surface area (TPSA) is 69.6 Å². The fourth-order valence-electron chi connectivity index (χ4n) is 4.05. The van der Waals surface area contributed by atoms with Gasteiger partial charge >= 0.3 is 5.97 Å². The maximum Gasteiger partial charge on any atom is 0.335 e. The third-order valence-electron chi connectivity index (χ3n) is 5.61. The third-order valence-corrected chi connectivity index (χ3v) is 5.61. The van der Waals surface area contributed by atoms with Crippen LogP contribution < -0.4 is 5.32 Å². The fraction of sp³-hybridized carbons (Fsp3) is 0.333. The molecule has 2 aromatic rings. The summed E-state index contributed by atoms with van der Waals surface area (Å²) in [6.45, 7) is 3.14. The number of amides is 1. The summed E-state index contributed by atoms with van der Waals surface area (Å²) >= 11 is 0. The molecule has 5 rings (SSSR count). The van der Waals surface area contributed by atoms with E-state index in [-0.39, 0.29) is 17.4 Å². The van der Waals surface area contributed by atoms with Gasteiger partial charge in [0.05, 0.1) is 11.5 Å². The van der Waals surface area contributed by atoms with Crippen LogP contribution in [0.25, 0.3) is 11.1 Å². The van der Waals surface area contributed by atoms with E-state index in [1.165, 1.54) is 0 Å². The van der Waals surface area contributed by atoms with Crippen LogP contribution in [0.2, 0.25) is 0 Å². The summed E-state index contributed by atoms with van der Waals surface area (Å²) in [7, 11) is 0. The maximum absolute atomic E-state index is 12.6. The molecule has 0 saturated carbocycles. The lowest BCUT2D eigenvalue weighted by Gasteiger charge is -2.43. The van der Waals surface area contributed by atoms with Gasteiger partial charge in [0, 0.05) is 12.2 Å². The first-order chi connectivity index (χ1) is 12.6. The molecule has 5 nitrogen and oxygen atoms in total. The minimum Gasteiger partial charge on any atom is -0.478 e. The second kappa shape index (κ2) is 6.92. The average Bonchev–Trinajstić information content (AvgIpc) is 2.69. The van der Waals surface area contributed by atoms with E-state index in [9.17, 15) is 9.59 Å². The van der Waals surface area contributed by atoms with Gasteiger partial charge in [-0.3, -0.25) is 4.79 Å². The molecule has 0 aromatic heterocycles. The largest absolute Gasteiger partial charge is 0.478 e. The van der Waals surface area contributed by atoms with Crippen molar-refractivity contribution in [2.45, 2.75) is 12.8 Å². The minimum absolute atomic E-state index is 0.0979. The van der Waals surface area contributed by atoms with Crippen molar-refractivity contribution in [3.05, 3.63) is 54.1 Å². The number of benzene rings is 2. The number of carboxylic acids is 1.